The molecule has 0 bridgehead atoms. The number of aromatic nitrogens is 1. The zero-order valence-corrected chi connectivity index (χ0v) is 17.6. The minimum atomic E-state index is -1.18. The highest BCUT2D eigenvalue weighted by Crippen LogP contribution is 2.32. The number of aliphatic imine (C=N–C) groups is 1. The van der Waals surface area contributed by atoms with Gasteiger partial charge in [-0.2, -0.15) is 0 Å². The molecule has 1 aromatic heterocycles. The van der Waals surface area contributed by atoms with Gasteiger partial charge in [0.1, 0.15) is 18.2 Å². The fraction of sp³-hybridized carbons (Fsp3) is 0.435. The number of fused-ring (bicyclic) bond motifs is 1. The first-order valence-electron chi connectivity index (χ1n) is 10.1. The molecule has 0 unspecified atom stereocenters. The van der Waals surface area contributed by atoms with E-state index in [-0.39, 0.29) is 44.3 Å². The molecule has 2 aromatic rings. The summed E-state index contributed by atoms with van der Waals surface area (Å²) < 4.78 is 18.7. The number of carbonyl (C=O) groups is 1. The van der Waals surface area contributed by atoms with E-state index in [1.165, 1.54) is 12.1 Å². The molecule has 166 valence electrons. The number of halogens is 1. The number of ether oxygens (including phenoxy) is 1. The Bertz CT molecular complexity index is 967. The molecule has 1 aliphatic heterocycles. The van der Waals surface area contributed by atoms with Gasteiger partial charge in [0.15, 0.2) is 0 Å². The monoisotopic (exact) mass is 430 g/mol. The van der Waals surface area contributed by atoms with E-state index in [0.717, 1.165) is 5.56 Å². The van der Waals surface area contributed by atoms with Crippen LogP contribution in [0.4, 0.5) is 4.39 Å². The third-order valence-corrected chi connectivity index (χ3v) is 5.25. The van der Waals surface area contributed by atoms with Crippen LogP contribution in [-0.4, -0.2) is 50.8 Å². The molecule has 2 heterocycles. The van der Waals surface area contributed by atoms with Crippen molar-refractivity contribution >= 4 is 11.7 Å². The van der Waals surface area contributed by atoms with Gasteiger partial charge in [0.05, 0.1) is 36.6 Å². The zero-order chi connectivity index (χ0) is 22.6. The molecular formula is C23H27FN2O5. The first-order valence-corrected chi connectivity index (χ1v) is 10.1. The number of carbonyl (C=O) groups excluding carboxylic acids is 1. The predicted molar refractivity (Wildman–Crippen MR) is 112 cm³/mol. The molecule has 0 saturated carbocycles. The third kappa shape index (κ3) is 5.52. The Morgan fingerprint density at radius 1 is 1.26 bits per heavy atom. The van der Waals surface area contributed by atoms with E-state index in [4.69, 9.17) is 9.84 Å². The average molecular weight is 430 g/mol. The summed E-state index contributed by atoms with van der Waals surface area (Å²) in [5, 5.41) is 29.3. The Morgan fingerprint density at radius 3 is 2.58 bits per heavy atom. The van der Waals surface area contributed by atoms with Crippen molar-refractivity contribution in [1.29, 1.82) is 0 Å². The molecule has 0 saturated heterocycles. The van der Waals surface area contributed by atoms with Gasteiger partial charge in [-0.3, -0.25) is 9.78 Å². The second kappa shape index (κ2) is 9.64. The lowest BCUT2D eigenvalue weighted by Gasteiger charge is -2.29. The van der Waals surface area contributed by atoms with Crippen LogP contribution in [0.1, 0.15) is 54.3 Å². The van der Waals surface area contributed by atoms with Crippen molar-refractivity contribution in [3.8, 4) is 0 Å². The van der Waals surface area contributed by atoms with Gasteiger partial charge in [-0.25, -0.2) is 9.38 Å². The van der Waals surface area contributed by atoms with Crippen molar-refractivity contribution < 1.29 is 29.2 Å². The minimum absolute atomic E-state index is 0.0287. The molecule has 1 atom stereocenters. The zero-order valence-electron chi connectivity index (χ0n) is 17.6. The van der Waals surface area contributed by atoms with Crippen LogP contribution in [0.25, 0.3) is 0 Å². The van der Waals surface area contributed by atoms with Gasteiger partial charge >= 0.3 is 0 Å². The van der Waals surface area contributed by atoms with Crippen LogP contribution in [0, 0.1) is 5.82 Å². The van der Waals surface area contributed by atoms with Gasteiger partial charge < -0.3 is 20.1 Å². The molecule has 0 aliphatic carbocycles. The Morgan fingerprint density at radius 2 is 1.97 bits per heavy atom. The molecular weight excluding hydrogens is 403 g/mol. The maximum Gasteiger partial charge on any atom is 0.218 e. The van der Waals surface area contributed by atoms with E-state index in [2.05, 4.69) is 9.98 Å². The largest absolute Gasteiger partial charge is 0.475 e. The van der Waals surface area contributed by atoms with Crippen LogP contribution in [0.2, 0.25) is 0 Å². The topological polar surface area (TPSA) is 112 Å². The van der Waals surface area contributed by atoms with Gasteiger partial charge in [-0.15, -0.1) is 0 Å². The van der Waals surface area contributed by atoms with E-state index in [0.29, 0.717) is 35.0 Å². The van der Waals surface area contributed by atoms with Crippen LogP contribution in [0.15, 0.2) is 35.3 Å². The normalized spacial score (nSPS) is 14.2. The quantitative estimate of drug-likeness (QED) is 0.561. The van der Waals surface area contributed by atoms with Crippen LogP contribution in [0.3, 0.4) is 0 Å². The smallest absolute Gasteiger partial charge is 0.218 e. The van der Waals surface area contributed by atoms with E-state index >= 15 is 0 Å². The van der Waals surface area contributed by atoms with E-state index in [1.807, 2.05) is 0 Å². The molecule has 0 fully saturated rings. The molecule has 1 aromatic carbocycles. The lowest BCUT2D eigenvalue weighted by atomic mass is 9.80. The van der Waals surface area contributed by atoms with Crippen LogP contribution in [-0.2, 0) is 29.1 Å². The number of Topliss-reactive ketones (excluding diaryl/α,β-unsaturated/α-hetero) is 1. The molecule has 1 aliphatic rings. The number of aliphatic hydroxyl groups excluding tert-OH is 2. The van der Waals surface area contributed by atoms with Crippen LogP contribution in [0.5, 0.6) is 0 Å². The summed E-state index contributed by atoms with van der Waals surface area (Å²) in [6.45, 7) is 3.18. The van der Waals surface area contributed by atoms with Crippen molar-refractivity contribution in [2.45, 2.75) is 51.4 Å². The van der Waals surface area contributed by atoms with E-state index in [1.54, 1.807) is 32.0 Å². The molecule has 0 amide bonds. The Hall–Kier alpha value is -2.68. The Balaban J connectivity index is 1.78. The first-order chi connectivity index (χ1) is 14.7. The average Bonchev–Trinajstić information content (AvgIpc) is 3.12. The van der Waals surface area contributed by atoms with Crippen molar-refractivity contribution in [2.24, 2.45) is 4.99 Å². The van der Waals surface area contributed by atoms with Gasteiger partial charge in [-0.05, 0) is 43.2 Å². The molecule has 8 heteroatoms. The van der Waals surface area contributed by atoms with Crippen molar-refractivity contribution in [1.82, 2.24) is 4.98 Å². The summed E-state index contributed by atoms with van der Waals surface area (Å²) in [4.78, 5) is 21.5. The second-order valence-corrected chi connectivity index (χ2v) is 8.12. The number of hydrogen-bond acceptors (Lipinski definition) is 7. The first kappa shape index (κ1) is 23.0. The fourth-order valence-corrected chi connectivity index (χ4v) is 3.78. The number of rotatable bonds is 9. The fourth-order valence-electron chi connectivity index (χ4n) is 3.78. The maximum atomic E-state index is 13.3. The lowest BCUT2D eigenvalue weighted by Crippen LogP contribution is -2.31. The van der Waals surface area contributed by atoms with Gasteiger partial charge in [0, 0.05) is 24.5 Å². The highest BCUT2D eigenvalue weighted by molar-refractivity contribution is 5.98. The van der Waals surface area contributed by atoms with Crippen molar-refractivity contribution in [2.75, 3.05) is 13.2 Å². The summed E-state index contributed by atoms with van der Waals surface area (Å²) in [6, 6.07) is 7.54. The van der Waals surface area contributed by atoms with E-state index < -0.39 is 11.5 Å². The summed E-state index contributed by atoms with van der Waals surface area (Å²) >= 11 is 0. The van der Waals surface area contributed by atoms with Gasteiger partial charge in [0.2, 0.25) is 5.90 Å². The Kier molecular flexibility index (Phi) is 7.15. The molecule has 3 N–H and O–H groups in total. The van der Waals surface area contributed by atoms with E-state index in [9.17, 15) is 19.4 Å². The Labute approximate surface area is 180 Å². The molecule has 3 rings (SSSR count). The van der Waals surface area contributed by atoms with Gasteiger partial charge in [-0.1, -0.05) is 12.1 Å². The van der Waals surface area contributed by atoms with Crippen LogP contribution >= 0.6 is 0 Å². The predicted octanol–water partition coefficient (Wildman–Crippen LogP) is 2.04. The number of pyridine rings is 1. The summed E-state index contributed by atoms with van der Waals surface area (Å²) in [7, 11) is 0. The summed E-state index contributed by atoms with van der Waals surface area (Å²) in [5.74, 6) is -0.692. The van der Waals surface area contributed by atoms with Gasteiger partial charge in [0.25, 0.3) is 0 Å². The molecule has 0 radical (unpaired) electrons. The SMILES string of the molecule is CC(C)(O)[C@@H](CC(=O)Cc1cc2c(c(CO)n1)C(OCCO)=NC2)c1ccc(F)cc1. The molecule has 0 spiro atoms. The maximum absolute atomic E-state index is 13.3. The molecule has 31 heavy (non-hydrogen) atoms. The highest BCUT2D eigenvalue weighted by atomic mass is 19.1. The second-order valence-electron chi connectivity index (χ2n) is 8.12. The number of benzene rings is 1. The summed E-state index contributed by atoms with van der Waals surface area (Å²) in [5.41, 5.74) is 1.77. The number of ketones is 1. The number of nitrogens with zero attached hydrogens (tertiary/aromatic N) is 2. The minimum Gasteiger partial charge on any atom is -0.475 e. The number of aliphatic hydroxyl groups is 3. The third-order valence-electron chi connectivity index (χ3n) is 5.25. The highest BCUT2D eigenvalue weighted by Gasteiger charge is 2.31. The summed E-state index contributed by atoms with van der Waals surface area (Å²) in [6.07, 6.45) is 0.0879. The van der Waals surface area contributed by atoms with Crippen molar-refractivity contribution in [3.05, 3.63) is 64.2 Å². The lowest BCUT2D eigenvalue weighted by molar-refractivity contribution is -0.120. The standard InChI is InChI=1S/C23H27FN2O5/c1-23(2,30)19(14-3-5-16(24)6-4-14)11-18(29)10-17-9-15-12-25-22(31-8-7-27)21(15)20(13-28)26-17/h3-6,9,19,27-28,30H,7-8,10-13H2,1-2H3/t19-/m0/s1. The number of hydrogen-bond donors (Lipinski definition) is 3. The van der Waals surface area contributed by atoms with Crippen molar-refractivity contribution in [3.63, 3.8) is 0 Å². The van der Waals surface area contributed by atoms with Crippen LogP contribution < -0.4 is 0 Å². The molecule has 7 nitrogen and oxygen atoms in total.